The zero-order valence-electron chi connectivity index (χ0n) is 8.31. The molecule has 6 heteroatoms. The van der Waals surface area contributed by atoms with E-state index in [2.05, 4.69) is 14.9 Å². The second kappa shape index (κ2) is 4.30. The Labute approximate surface area is 82.7 Å². The molecule has 1 unspecified atom stereocenters. The van der Waals surface area contributed by atoms with Gasteiger partial charge in [0.1, 0.15) is 0 Å². The van der Waals surface area contributed by atoms with Gasteiger partial charge in [-0.15, -0.1) is 0 Å². The second-order valence-electron chi connectivity index (χ2n) is 3.91. The van der Waals surface area contributed by atoms with E-state index in [0.29, 0.717) is 19.6 Å². The molecule has 0 spiro atoms. The van der Waals surface area contributed by atoms with Gasteiger partial charge in [-0.2, -0.15) is 0 Å². The van der Waals surface area contributed by atoms with E-state index in [1.807, 2.05) is 6.92 Å². The van der Waals surface area contributed by atoms with Crippen LogP contribution in [0.5, 0.6) is 0 Å². The van der Waals surface area contributed by atoms with Crippen LogP contribution in [0.25, 0.3) is 10.4 Å². The Morgan fingerprint density at radius 1 is 1.79 bits per heavy atom. The predicted molar refractivity (Wildman–Crippen MR) is 52.4 cm³/mol. The maximum Gasteiger partial charge on any atom is 0.224 e. The monoisotopic (exact) mass is 197 g/mol. The Hall–Kier alpha value is -1.26. The number of hydrogen-bond donors (Lipinski definition) is 1. The Morgan fingerprint density at radius 2 is 2.50 bits per heavy atom. The SMILES string of the molecule is CC1(C(N)=O)CCN(CCN=[N+]=[N-])C1. The molecule has 6 nitrogen and oxygen atoms in total. The lowest BCUT2D eigenvalue weighted by molar-refractivity contribution is -0.126. The molecule has 1 saturated heterocycles. The quantitative estimate of drug-likeness (QED) is 0.403. The molecular weight excluding hydrogens is 182 g/mol. The van der Waals surface area contributed by atoms with Crippen LogP contribution in [-0.2, 0) is 4.79 Å². The smallest absolute Gasteiger partial charge is 0.224 e. The number of carbonyl (C=O) groups is 1. The highest BCUT2D eigenvalue weighted by Crippen LogP contribution is 2.28. The van der Waals surface area contributed by atoms with E-state index < -0.39 is 5.41 Å². The van der Waals surface area contributed by atoms with Gasteiger partial charge in [-0.05, 0) is 25.4 Å². The summed E-state index contributed by atoms with van der Waals surface area (Å²) in [7, 11) is 0. The van der Waals surface area contributed by atoms with Crippen LogP contribution in [0.15, 0.2) is 5.11 Å². The zero-order chi connectivity index (χ0) is 10.6. The van der Waals surface area contributed by atoms with Crippen molar-refractivity contribution in [1.29, 1.82) is 0 Å². The molecule has 0 aromatic heterocycles. The number of nitrogens with two attached hydrogens (primary N) is 1. The molecule has 1 rings (SSSR count). The average Bonchev–Trinajstić information content (AvgIpc) is 2.50. The average molecular weight is 197 g/mol. The first kappa shape index (κ1) is 10.8. The second-order valence-corrected chi connectivity index (χ2v) is 3.91. The molecule has 1 heterocycles. The zero-order valence-corrected chi connectivity index (χ0v) is 8.31. The Bertz CT molecular complexity index is 273. The number of amides is 1. The van der Waals surface area contributed by atoms with Crippen LogP contribution >= 0.6 is 0 Å². The Kier molecular flexibility index (Phi) is 3.33. The van der Waals surface area contributed by atoms with Crippen LogP contribution in [0.2, 0.25) is 0 Å². The summed E-state index contributed by atoms with van der Waals surface area (Å²) in [4.78, 5) is 15.9. The molecule has 0 saturated carbocycles. The van der Waals surface area contributed by atoms with Crippen molar-refractivity contribution in [1.82, 2.24) is 4.90 Å². The van der Waals surface area contributed by atoms with Crippen LogP contribution in [-0.4, -0.2) is 37.0 Å². The Morgan fingerprint density at radius 3 is 3.00 bits per heavy atom. The summed E-state index contributed by atoms with van der Waals surface area (Å²) in [5, 5.41) is 3.45. The van der Waals surface area contributed by atoms with Gasteiger partial charge in [0.15, 0.2) is 0 Å². The summed E-state index contributed by atoms with van der Waals surface area (Å²) in [5.41, 5.74) is 13.0. The van der Waals surface area contributed by atoms with E-state index in [1.54, 1.807) is 0 Å². The summed E-state index contributed by atoms with van der Waals surface area (Å²) >= 11 is 0. The van der Waals surface area contributed by atoms with Gasteiger partial charge in [0.2, 0.25) is 5.91 Å². The fraction of sp³-hybridized carbons (Fsp3) is 0.875. The van der Waals surface area contributed by atoms with Gasteiger partial charge in [-0.3, -0.25) is 4.79 Å². The third kappa shape index (κ3) is 2.37. The van der Waals surface area contributed by atoms with Gasteiger partial charge in [0.25, 0.3) is 0 Å². The van der Waals surface area contributed by atoms with Crippen molar-refractivity contribution in [2.75, 3.05) is 26.2 Å². The summed E-state index contributed by atoms with van der Waals surface area (Å²) in [5.74, 6) is -0.246. The molecule has 0 bridgehead atoms. The lowest BCUT2D eigenvalue weighted by Crippen LogP contribution is -2.37. The lowest BCUT2D eigenvalue weighted by atomic mass is 9.89. The van der Waals surface area contributed by atoms with Gasteiger partial charge in [0, 0.05) is 24.5 Å². The van der Waals surface area contributed by atoms with E-state index in [-0.39, 0.29) is 5.91 Å². The van der Waals surface area contributed by atoms with Crippen molar-refractivity contribution in [3.05, 3.63) is 10.4 Å². The Balaban J connectivity index is 2.41. The summed E-state index contributed by atoms with van der Waals surface area (Å²) in [6.07, 6.45) is 0.790. The summed E-state index contributed by atoms with van der Waals surface area (Å²) in [6.45, 7) is 4.55. The third-order valence-electron chi connectivity index (χ3n) is 2.73. The molecule has 2 N–H and O–H groups in total. The highest BCUT2D eigenvalue weighted by molar-refractivity contribution is 5.81. The van der Waals surface area contributed by atoms with E-state index >= 15 is 0 Å². The van der Waals surface area contributed by atoms with Gasteiger partial charge < -0.3 is 10.6 Å². The summed E-state index contributed by atoms with van der Waals surface area (Å²) in [6, 6.07) is 0. The first-order valence-corrected chi connectivity index (χ1v) is 4.61. The molecule has 0 radical (unpaired) electrons. The van der Waals surface area contributed by atoms with Crippen LogP contribution in [0, 0.1) is 5.41 Å². The number of carbonyl (C=O) groups excluding carboxylic acids is 1. The molecule has 78 valence electrons. The number of rotatable bonds is 4. The minimum absolute atomic E-state index is 0.246. The lowest BCUT2D eigenvalue weighted by Gasteiger charge is -2.20. The van der Waals surface area contributed by atoms with Crippen LogP contribution in [0.1, 0.15) is 13.3 Å². The number of likely N-dealkylation sites (tertiary alicyclic amines) is 1. The highest BCUT2D eigenvalue weighted by Gasteiger charge is 2.38. The van der Waals surface area contributed by atoms with Crippen molar-refractivity contribution in [2.24, 2.45) is 16.3 Å². The van der Waals surface area contributed by atoms with Crippen molar-refractivity contribution in [2.45, 2.75) is 13.3 Å². The number of hydrogen-bond acceptors (Lipinski definition) is 3. The van der Waals surface area contributed by atoms with Crippen LogP contribution < -0.4 is 5.73 Å². The van der Waals surface area contributed by atoms with E-state index in [0.717, 1.165) is 13.0 Å². The highest BCUT2D eigenvalue weighted by atomic mass is 16.1. The van der Waals surface area contributed by atoms with Gasteiger partial charge >= 0.3 is 0 Å². The van der Waals surface area contributed by atoms with Crippen molar-refractivity contribution >= 4 is 5.91 Å². The number of azide groups is 1. The van der Waals surface area contributed by atoms with Crippen molar-refractivity contribution < 1.29 is 4.79 Å². The van der Waals surface area contributed by atoms with Gasteiger partial charge in [-0.25, -0.2) is 0 Å². The first-order chi connectivity index (χ1) is 6.58. The van der Waals surface area contributed by atoms with Crippen molar-refractivity contribution in [3.8, 4) is 0 Å². The molecule has 1 atom stereocenters. The number of nitrogens with zero attached hydrogens (tertiary/aromatic N) is 4. The summed E-state index contributed by atoms with van der Waals surface area (Å²) < 4.78 is 0. The van der Waals surface area contributed by atoms with Crippen LogP contribution in [0.4, 0.5) is 0 Å². The molecule has 0 aromatic carbocycles. The molecule has 1 amide bonds. The minimum Gasteiger partial charge on any atom is -0.369 e. The predicted octanol–water partition coefficient (Wildman–Crippen LogP) is 0.494. The van der Waals surface area contributed by atoms with E-state index in [4.69, 9.17) is 11.3 Å². The van der Waals surface area contributed by atoms with Gasteiger partial charge in [-0.1, -0.05) is 5.11 Å². The minimum atomic E-state index is -0.406. The van der Waals surface area contributed by atoms with Gasteiger partial charge in [0.05, 0.1) is 5.41 Å². The normalized spacial score (nSPS) is 27.2. The standard InChI is InChI=1S/C8H15N5O/c1-8(7(9)14)2-4-13(6-8)5-3-11-12-10/h2-6H2,1H3,(H2,9,14). The van der Waals surface area contributed by atoms with Crippen LogP contribution in [0.3, 0.4) is 0 Å². The number of primary amides is 1. The largest absolute Gasteiger partial charge is 0.369 e. The fourth-order valence-electron chi connectivity index (χ4n) is 1.68. The molecule has 0 aromatic rings. The molecule has 1 fully saturated rings. The molecule has 14 heavy (non-hydrogen) atoms. The van der Waals surface area contributed by atoms with E-state index in [9.17, 15) is 4.79 Å². The maximum atomic E-state index is 11.1. The fourth-order valence-corrected chi connectivity index (χ4v) is 1.68. The van der Waals surface area contributed by atoms with Crippen molar-refractivity contribution in [3.63, 3.8) is 0 Å². The molecule has 0 aliphatic carbocycles. The molecule has 1 aliphatic rings. The molecule has 1 aliphatic heterocycles. The maximum absolute atomic E-state index is 11.1. The molecular formula is C8H15N5O. The third-order valence-corrected chi connectivity index (χ3v) is 2.73. The topological polar surface area (TPSA) is 95.1 Å². The van der Waals surface area contributed by atoms with E-state index in [1.165, 1.54) is 0 Å². The first-order valence-electron chi connectivity index (χ1n) is 4.61.